The Kier molecular flexibility index (Phi) is 3.97. The number of nitrogens with one attached hydrogen (secondary N) is 1. The van der Waals surface area contributed by atoms with Crippen LogP contribution in [0.1, 0.15) is 26.3 Å². The normalized spacial score (nSPS) is 18.8. The number of fused-ring (bicyclic) bond motifs is 1. The number of hydrogen-bond acceptors (Lipinski definition) is 2. The summed E-state index contributed by atoms with van der Waals surface area (Å²) in [6.07, 6.45) is 0.795. The molecule has 0 radical (unpaired) electrons. The molecule has 5 heteroatoms. The molecule has 1 aromatic carbocycles. The Morgan fingerprint density at radius 3 is 2.60 bits per heavy atom. The predicted octanol–water partition coefficient (Wildman–Crippen LogP) is 2.26. The molecule has 2 rings (SSSR count). The van der Waals surface area contributed by atoms with Gasteiger partial charge in [-0.05, 0) is 30.9 Å². The Labute approximate surface area is 118 Å². The van der Waals surface area contributed by atoms with Gasteiger partial charge >= 0.3 is 12.0 Å². The Bertz CT molecular complexity index is 528. The molecule has 0 aromatic heterocycles. The number of carbonyl (C=O) groups excluding carboxylic acids is 1. The molecule has 0 saturated carbocycles. The molecular formula is C15H20N2O3. The molecule has 2 amide bonds. The van der Waals surface area contributed by atoms with E-state index in [1.807, 2.05) is 31.2 Å². The summed E-state index contributed by atoms with van der Waals surface area (Å²) in [7, 11) is 0. The van der Waals surface area contributed by atoms with Crippen LogP contribution >= 0.6 is 0 Å². The number of hydrogen-bond donors (Lipinski definition) is 2. The summed E-state index contributed by atoms with van der Waals surface area (Å²) in [5, 5.41) is 11.8. The van der Waals surface area contributed by atoms with E-state index in [0.29, 0.717) is 0 Å². The first-order valence-electron chi connectivity index (χ1n) is 6.82. The van der Waals surface area contributed by atoms with Crippen LogP contribution in [0, 0.1) is 5.92 Å². The zero-order chi connectivity index (χ0) is 14.9. The van der Waals surface area contributed by atoms with Crippen molar-refractivity contribution in [3.63, 3.8) is 0 Å². The lowest BCUT2D eigenvalue weighted by molar-refractivity contribution is -0.140. The van der Waals surface area contributed by atoms with Crippen molar-refractivity contribution in [3.05, 3.63) is 29.8 Å². The van der Waals surface area contributed by atoms with Crippen LogP contribution in [-0.4, -0.2) is 29.2 Å². The standard InChI is InChI=1S/C15H20N2O3/c1-9(2)13(14(18)19)16-15(20)17-10(3)8-11-6-4-5-7-12(11)17/h4-7,9-10,13H,8H2,1-3H3,(H,16,20)(H,18,19)/t10?,13-/m1/s1. The van der Waals surface area contributed by atoms with Crippen LogP contribution in [0.4, 0.5) is 10.5 Å². The average Bonchev–Trinajstić information content (AvgIpc) is 2.70. The van der Waals surface area contributed by atoms with E-state index in [1.54, 1.807) is 18.7 Å². The van der Waals surface area contributed by atoms with Gasteiger partial charge in [0.1, 0.15) is 6.04 Å². The number of para-hydroxylation sites is 1. The van der Waals surface area contributed by atoms with Crippen LogP contribution in [0.2, 0.25) is 0 Å². The van der Waals surface area contributed by atoms with Gasteiger partial charge < -0.3 is 10.4 Å². The Balaban J connectivity index is 2.19. The van der Waals surface area contributed by atoms with Crippen LogP contribution < -0.4 is 10.2 Å². The summed E-state index contributed by atoms with van der Waals surface area (Å²) in [5.41, 5.74) is 1.98. The van der Waals surface area contributed by atoms with E-state index in [1.165, 1.54) is 0 Å². The molecule has 0 spiro atoms. The van der Waals surface area contributed by atoms with Gasteiger partial charge in [-0.25, -0.2) is 9.59 Å². The molecule has 20 heavy (non-hydrogen) atoms. The Morgan fingerprint density at radius 1 is 1.35 bits per heavy atom. The first-order chi connectivity index (χ1) is 9.41. The molecule has 0 saturated heterocycles. The fourth-order valence-corrected chi connectivity index (χ4v) is 2.59. The van der Waals surface area contributed by atoms with Crippen molar-refractivity contribution in [1.82, 2.24) is 5.32 Å². The van der Waals surface area contributed by atoms with E-state index in [0.717, 1.165) is 17.7 Å². The van der Waals surface area contributed by atoms with E-state index in [9.17, 15) is 9.59 Å². The van der Waals surface area contributed by atoms with Crippen molar-refractivity contribution < 1.29 is 14.7 Å². The van der Waals surface area contributed by atoms with Gasteiger partial charge in [-0.2, -0.15) is 0 Å². The van der Waals surface area contributed by atoms with Crippen LogP contribution in [0.25, 0.3) is 0 Å². The summed E-state index contributed by atoms with van der Waals surface area (Å²) in [6, 6.07) is 6.54. The Hall–Kier alpha value is -2.04. The lowest BCUT2D eigenvalue weighted by Crippen LogP contribution is -2.51. The molecule has 0 aliphatic carbocycles. The highest BCUT2D eigenvalue weighted by Gasteiger charge is 2.33. The highest BCUT2D eigenvalue weighted by Crippen LogP contribution is 2.31. The van der Waals surface area contributed by atoms with Gasteiger partial charge in [0.2, 0.25) is 0 Å². The van der Waals surface area contributed by atoms with Gasteiger partial charge in [-0.3, -0.25) is 4.90 Å². The van der Waals surface area contributed by atoms with E-state index >= 15 is 0 Å². The maximum absolute atomic E-state index is 12.4. The van der Waals surface area contributed by atoms with Crippen molar-refractivity contribution in [2.75, 3.05) is 4.90 Å². The van der Waals surface area contributed by atoms with Gasteiger partial charge in [-0.1, -0.05) is 32.0 Å². The number of nitrogens with zero attached hydrogens (tertiary/aromatic N) is 1. The summed E-state index contributed by atoms with van der Waals surface area (Å²) in [6.45, 7) is 5.52. The topological polar surface area (TPSA) is 69.6 Å². The van der Waals surface area contributed by atoms with E-state index in [4.69, 9.17) is 5.11 Å². The van der Waals surface area contributed by atoms with Crippen molar-refractivity contribution in [2.24, 2.45) is 5.92 Å². The minimum atomic E-state index is -1.01. The SMILES string of the molecule is CC(C)[C@@H](NC(=O)N1c2ccccc2CC1C)C(=O)O. The van der Waals surface area contributed by atoms with E-state index < -0.39 is 12.0 Å². The number of aliphatic carboxylic acids is 1. The van der Waals surface area contributed by atoms with Crippen LogP contribution in [0.15, 0.2) is 24.3 Å². The fourth-order valence-electron chi connectivity index (χ4n) is 2.59. The maximum atomic E-state index is 12.4. The molecule has 1 heterocycles. The highest BCUT2D eigenvalue weighted by atomic mass is 16.4. The molecule has 0 bridgehead atoms. The predicted molar refractivity (Wildman–Crippen MR) is 76.9 cm³/mol. The third-order valence-corrected chi connectivity index (χ3v) is 3.64. The van der Waals surface area contributed by atoms with Gasteiger partial charge in [0.25, 0.3) is 0 Å². The quantitative estimate of drug-likeness (QED) is 0.889. The van der Waals surface area contributed by atoms with E-state index in [2.05, 4.69) is 5.32 Å². The van der Waals surface area contributed by atoms with Crippen molar-refractivity contribution in [1.29, 1.82) is 0 Å². The molecule has 2 atom stereocenters. The smallest absolute Gasteiger partial charge is 0.326 e. The third-order valence-electron chi connectivity index (χ3n) is 3.64. The minimum absolute atomic E-state index is 0.0361. The first kappa shape index (κ1) is 14.4. The number of carboxylic acids is 1. The van der Waals surface area contributed by atoms with Gasteiger partial charge in [0.05, 0.1) is 0 Å². The van der Waals surface area contributed by atoms with Crippen molar-refractivity contribution in [2.45, 2.75) is 39.3 Å². The van der Waals surface area contributed by atoms with Crippen molar-refractivity contribution >= 4 is 17.7 Å². The number of carbonyl (C=O) groups is 2. The van der Waals surface area contributed by atoms with E-state index in [-0.39, 0.29) is 18.0 Å². The highest BCUT2D eigenvalue weighted by molar-refractivity contribution is 5.97. The minimum Gasteiger partial charge on any atom is -0.480 e. The molecular weight excluding hydrogens is 256 g/mol. The molecule has 0 fully saturated rings. The lowest BCUT2D eigenvalue weighted by Gasteiger charge is -2.26. The van der Waals surface area contributed by atoms with Crippen LogP contribution in [0.5, 0.6) is 0 Å². The number of rotatable bonds is 3. The molecule has 5 nitrogen and oxygen atoms in total. The van der Waals surface area contributed by atoms with Crippen molar-refractivity contribution in [3.8, 4) is 0 Å². The zero-order valence-electron chi connectivity index (χ0n) is 12.0. The second-order valence-electron chi connectivity index (χ2n) is 5.56. The number of benzene rings is 1. The summed E-state index contributed by atoms with van der Waals surface area (Å²) < 4.78 is 0. The second kappa shape index (κ2) is 5.53. The maximum Gasteiger partial charge on any atom is 0.326 e. The lowest BCUT2D eigenvalue weighted by atomic mass is 10.1. The molecule has 1 unspecified atom stereocenters. The monoisotopic (exact) mass is 276 g/mol. The van der Waals surface area contributed by atoms with Crippen LogP contribution in [0.3, 0.4) is 0 Å². The molecule has 1 aromatic rings. The van der Waals surface area contributed by atoms with Crippen LogP contribution in [-0.2, 0) is 11.2 Å². The van der Waals surface area contributed by atoms with Gasteiger partial charge in [0.15, 0.2) is 0 Å². The molecule has 2 N–H and O–H groups in total. The van der Waals surface area contributed by atoms with Gasteiger partial charge in [-0.15, -0.1) is 0 Å². The first-order valence-corrected chi connectivity index (χ1v) is 6.82. The average molecular weight is 276 g/mol. The molecule has 108 valence electrons. The third kappa shape index (κ3) is 2.61. The summed E-state index contributed by atoms with van der Waals surface area (Å²) in [5.74, 6) is -1.17. The second-order valence-corrected chi connectivity index (χ2v) is 5.56. The van der Waals surface area contributed by atoms with Gasteiger partial charge in [0, 0.05) is 11.7 Å². The fraction of sp³-hybridized carbons (Fsp3) is 0.467. The summed E-state index contributed by atoms with van der Waals surface area (Å²) >= 11 is 0. The molecule has 1 aliphatic heterocycles. The Morgan fingerprint density at radius 2 is 2.00 bits per heavy atom. The molecule has 1 aliphatic rings. The number of carboxylic acid groups (broad SMARTS) is 1. The zero-order valence-corrected chi connectivity index (χ0v) is 12.0. The number of urea groups is 1. The largest absolute Gasteiger partial charge is 0.480 e. The number of anilines is 1. The summed E-state index contributed by atoms with van der Waals surface area (Å²) in [4.78, 5) is 25.2. The number of amides is 2.